The third-order valence-electron chi connectivity index (χ3n) is 2.08. The normalized spacial score (nSPS) is 10.2. The zero-order valence-electron chi connectivity index (χ0n) is 7.41. The minimum absolute atomic E-state index is 0.0252. The fourth-order valence-electron chi connectivity index (χ4n) is 1.40. The first-order chi connectivity index (χ1) is 7.13. The van der Waals surface area contributed by atoms with Crippen LogP contribution in [0, 0.1) is 17.1 Å². The monoisotopic (exact) mass is 220 g/mol. The van der Waals surface area contributed by atoms with Gasteiger partial charge in [-0.05, 0) is 18.2 Å². The average molecular weight is 220 g/mol. The molecule has 0 unspecified atom stereocenters. The summed E-state index contributed by atoms with van der Waals surface area (Å²) < 4.78 is 12.9. The van der Waals surface area contributed by atoms with E-state index in [-0.39, 0.29) is 10.6 Å². The van der Waals surface area contributed by atoms with Gasteiger partial charge in [0.15, 0.2) is 0 Å². The van der Waals surface area contributed by atoms with Crippen LogP contribution >= 0.6 is 12.6 Å². The van der Waals surface area contributed by atoms with Gasteiger partial charge >= 0.3 is 0 Å². The maximum absolute atomic E-state index is 12.9. The van der Waals surface area contributed by atoms with Crippen molar-refractivity contribution in [1.29, 1.82) is 5.26 Å². The number of hydrogen-bond acceptors (Lipinski definition) is 3. The first kappa shape index (κ1) is 9.74. The second-order valence-corrected chi connectivity index (χ2v) is 3.43. The summed E-state index contributed by atoms with van der Waals surface area (Å²) in [6.07, 6.45) is 0. The molecule has 1 N–H and O–H groups in total. The number of nitrogens with zero attached hydrogens (tertiary/aromatic N) is 1. The van der Waals surface area contributed by atoms with Crippen molar-refractivity contribution in [2.45, 2.75) is 5.03 Å². The quantitative estimate of drug-likeness (QED) is 0.665. The number of hydrogen-bond donors (Lipinski definition) is 2. The number of aromatic nitrogens is 1. The van der Waals surface area contributed by atoms with E-state index < -0.39 is 11.4 Å². The molecule has 2 rings (SSSR count). The molecule has 0 fully saturated rings. The van der Waals surface area contributed by atoms with E-state index in [1.165, 1.54) is 18.2 Å². The Bertz CT molecular complexity index is 642. The van der Waals surface area contributed by atoms with E-state index in [0.717, 1.165) is 0 Å². The van der Waals surface area contributed by atoms with E-state index in [1.807, 2.05) is 0 Å². The summed E-state index contributed by atoms with van der Waals surface area (Å²) in [5.41, 5.74) is -0.538. The number of fused-ring (bicyclic) bond motifs is 1. The molecule has 0 atom stereocenters. The lowest BCUT2D eigenvalue weighted by atomic mass is 10.1. The van der Waals surface area contributed by atoms with Crippen LogP contribution in [0.5, 0.6) is 0 Å². The van der Waals surface area contributed by atoms with Gasteiger partial charge in [0.2, 0.25) is 0 Å². The predicted molar refractivity (Wildman–Crippen MR) is 56.5 cm³/mol. The largest absolute Gasteiger partial charge is 0.316 e. The molecule has 2 aromatic rings. The smallest absolute Gasteiger partial charge is 0.267 e. The van der Waals surface area contributed by atoms with Crippen LogP contribution in [0.15, 0.2) is 28.0 Å². The van der Waals surface area contributed by atoms with E-state index in [2.05, 4.69) is 17.6 Å². The highest BCUT2D eigenvalue weighted by atomic mass is 32.1. The van der Waals surface area contributed by atoms with Gasteiger partial charge in [-0.3, -0.25) is 4.79 Å². The van der Waals surface area contributed by atoms with E-state index in [9.17, 15) is 9.18 Å². The van der Waals surface area contributed by atoms with Crippen LogP contribution in [0.1, 0.15) is 5.56 Å². The fourth-order valence-corrected chi connectivity index (χ4v) is 1.69. The van der Waals surface area contributed by atoms with Crippen molar-refractivity contribution < 1.29 is 4.39 Å². The third-order valence-corrected chi connectivity index (χ3v) is 2.43. The maximum Gasteiger partial charge on any atom is 0.267 e. The van der Waals surface area contributed by atoms with Crippen molar-refractivity contribution in [3.63, 3.8) is 0 Å². The van der Waals surface area contributed by atoms with Gasteiger partial charge in [-0.25, -0.2) is 4.39 Å². The molecule has 3 nitrogen and oxygen atoms in total. The molecule has 5 heteroatoms. The summed E-state index contributed by atoms with van der Waals surface area (Å²) in [5.74, 6) is -0.436. The predicted octanol–water partition coefficient (Wildman–Crippen LogP) is 1.83. The van der Waals surface area contributed by atoms with Crippen LogP contribution in [0.2, 0.25) is 0 Å². The summed E-state index contributed by atoms with van der Waals surface area (Å²) in [6.45, 7) is 0. The lowest BCUT2D eigenvalue weighted by molar-refractivity contribution is 0.629. The number of halogens is 1. The molecule has 0 aliphatic carbocycles. The molecule has 0 radical (unpaired) electrons. The average Bonchev–Trinajstić information content (AvgIpc) is 2.19. The highest BCUT2D eigenvalue weighted by molar-refractivity contribution is 7.80. The minimum Gasteiger partial charge on any atom is -0.316 e. The SMILES string of the molecule is N#Cc1c(=O)[nH]c(S)c2cc(F)ccc12. The molecule has 74 valence electrons. The fraction of sp³-hybridized carbons (Fsp3) is 0. The van der Waals surface area contributed by atoms with E-state index in [0.29, 0.717) is 10.8 Å². The van der Waals surface area contributed by atoms with Crippen molar-refractivity contribution in [3.05, 3.63) is 39.9 Å². The first-order valence-electron chi connectivity index (χ1n) is 4.08. The molecular weight excluding hydrogens is 215 g/mol. The highest BCUT2D eigenvalue weighted by Crippen LogP contribution is 2.21. The molecule has 0 saturated carbocycles. The van der Waals surface area contributed by atoms with Gasteiger partial charge in [-0.2, -0.15) is 5.26 Å². The lowest BCUT2D eigenvalue weighted by Gasteiger charge is -2.02. The molecule has 1 heterocycles. The molecule has 0 amide bonds. The Kier molecular flexibility index (Phi) is 2.21. The van der Waals surface area contributed by atoms with Gasteiger partial charge in [-0.15, -0.1) is 12.6 Å². The molecule has 1 aromatic carbocycles. The van der Waals surface area contributed by atoms with Crippen LogP contribution in [-0.2, 0) is 0 Å². The van der Waals surface area contributed by atoms with Gasteiger partial charge in [0.05, 0.1) is 5.03 Å². The van der Waals surface area contributed by atoms with Crippen LogP contribution in [-0.4, -0.2) is 4.98 Å². The van der Waals surface area contributed by atoms with Gasteiger partial charge in [0, 0.05) is 10.8 Å². The Morgan fingerprint density at radius 3 is 2.80 bits per heavy atom. The van der Waals surface area contributed by atoms with Crippen LogP contribution < -0.4 is 5.56 Å². The van der Waals surface area contributed by atoms with Gasteiger partial charge in [0.1, 0.15) is 17.4 Å². The number of aromatic amines is 1. The standard InChI is InChI=1S/C10H5FN2OS/c11-5-1-2-6-7(3-5)10(15)13-9(14)8(6)4-12/h1-3H,(H2,13,14,15). The van der Waals surface area contributed by atoms with E-state index in [4.69, 9.17) is 5.26 Å². The van der Waals surface area contributed by atoms with E-state index in [1.54, 1.807) is 6.07 Å². The molecule has 0 spiro atoms. The second-order valence-electron chi connectivity index (χ2n) is 2.98. The van der Waals surface area contributed by atoms with Crippen LogP contribution in [0.25, 0.3) is 10.8 Å². The van der Waals surface area contributed by atoms with Crippen LogP contribution in [0.4, 0.5) is 4.39 Å². The number of nitrogens with one attached hydrogen (secondary N) is 1. The molecule has 0 aliphatic rings. The summed E-state index contributed by atoms with van der Waals surface area (Å²) in [7, 11) is 0. The molecule has 0 saturated heterocycles. The zero-order chi connectivity index (χ0) is 11.0. The van der Waals surface area contributed by atoms with Gasteiger partial charge in [0.25, 0.3) is 5.56 Å². The number of H-pyrrole nitrogens is 1. The number of benzene rings is 1. The Morgan fingerprint density at radius 2 is 2.13 bits per heavy atom. The third kappa shape index (κ3) is 1.49. The molecule has 1 aromatic heterocycles. The topological polar surface area (TPSA) is 56.6 Å². The summed E-state index contributed by atoms with van der Waals surface area (Å²) in [6, 6.07) is 5.62. The highest BCUT2D eigenvalue weighted by Gasteiger charge is 2.09. The summed E-state index contributed by atoms with van der Waals surface area (Å²) >= 11 is 4.02. The number of pyridine rings is 1. The Balaban J connectivity index is 3.05. The van der Waals surface area contributed by atoms with Gasteiger partial charge in [-0.1, -0.05) is 0 Å². The number of thiol groups is 1. The Hall–Kier alpha value is -1.80. The summed E-state index contributed by atoms with van der Waals surface area (Å²) in [5, 5.41) is 9.88. The van der Waals surface area contributed by atoms with Crippen molar-refractivity contribution in [2.24, 2.45) is 0 Å². The second kappa shape index (κ2) is 3.41. The minimum atomic E-state index is -0.512. The first-order valence-corrected chi connectivity index (χ1v) is 4.53. The zero-order valence-corrected chi connectivity index (χ0v) is 8.31. The number of rotatable bonds is 0. The maximum atomic E-state index is 12.9. The van der Waals surface area contributed by atoms with Crippen LogP contribution in [0.3, 0.4) is 0 Å². The molecule has 0 bridgehead atoms. The molecule has 0 aliphatic heterocycles. The van der Waals surface area contributed by atoms with E-state index >= 15 is 0 Å². The number of nitriles is 1. The summed E-state index contributed by atoms with van der Waals surface area (Å²) in [4.78, 5) is 13.7. The van der Waals surface area contributed by atoms with Crippen molar-refractivity contribution >= 4 is 23.4 Å². The molecule has 15 heavy (non-hydrogen) atoms. The Labute approximate surface area is 89.6 Å². The Morgan fingerprint density at radius 1 is 1.40 bits per heavy atom. The van der Waals surface area contributed by atoms with Crippen molar-refractivity contribution in [2.75, 3.05) is 0 Å². The van der Waals surface area contributed by atoms with Crippen molar-refractivity contribution in [3.8, 4) is 6.07 Å². The van der Waals surface area contributed by atoms with Crippen molar-refractivity contribution in [1.82, 2.24) is 4.98 Å². The molecular formula is C10H5FN2OS. The van der Waals surface area contributed by atoms with Gasteiger partial charge < -0.3 is 4.98 Å². The lowest BCUT2D eigenvalue weighted by Crippen LogP contribution is -2.11.